The molecule has 2 aromatic carbocycles. The standard InChI is InChI=1S/C17H18FNO2/c1-11-9-12(18)7-8-14(11)21-16-10-20-15-6-4-3-5-13(15)17(16)19-2/h3-9,16-17,19H,10H2,1-2H3. The average Bonchev–Trinajstić information content (AvgIpc) is 2.49. The van der Waals surface area contributed by atoms with Gasteiger partial charge in [0.05, 0.1) is 6.04 Å². The van der Waals surface area contributed by atoms with Crippen LogP contribution in [0.2, 0.25) is 0 Å². The molecule has 0 amide bonds. The number of likely N-dealkylation sites (N-methyl/N-ethyl adjacent to an activating group) is 1. The molecule has 1 heterocycles. The van der Waals surface area contributed by atoms with E-state index < -0.39 is 0 Å². The van der Waals surface area contributed by atoms with Gasteiger partial charge >= 0.3 is 0 Å². The van der Waals surface area contributed by atoms with Gasteiger partial charge in [0.15, 0.2) is 6.10 Å². The number of hydrogen-bond donors (Lipinski definition) is 1. The number of rotatable bonds is 3. The molecule has 0 spiro atoms. The Morgan fingerprint density at radius 1 is 1.24 bits per heavy atom. The van der Waals surface area contributed by atoms with Crippen molar-refractivity contribution in [3.8, 4) is 11.5 Å². The van der Waals surface area contributed by atoms with E-state index in [1.54, 1.807) is 6.07 Å². The van der Waals surface area contributed by atoms with Crippen molar-refractivity contribution in [2.75, 3.05) is 13.7 Å². The molecule has 2 atom stereocenters. The first kappa shape index (κ1) is 13.9. The minimum Gasteiger partial charge on any atom is -0.489 e. The highest BCUT2D eigenvalue weighted by Crippen LogP contribution is 2.34. The maximum absolute atomic E-state index is 13.2. The van der Waals surface area contributed by atoms with E-state index in [1.165, 1.54) is 12.1 Å². The van der Waals surface area contributed by atoms with E-state index in [-0.39, 0.29) is 18.0 Å². The van der Waals surface area contributed by atoms with E-state index in [0.717, 1.165) is 16.9 Å². The summed E-state index contributed by atoms with van der Waals surface area (Å²) >= 11 is 0. The van der Waals surface area contributed by atoms with Gasteiger partial charge in [-0.25, -0.2) is 4.39 Å². The largest absolute Gasteiger partial charge is 0.489 e. The number of aryl methyl sites for hydroxylation is 1. The minimum atomic E-state index is -0.254. The lowest BCUT2D eigenvalue weighted by Crippen LogP contribution is -2.41. The monoisotopic (exact) mass is 287 g/mol. The molecule has 3 nitrogen and oxygen atoms in total. The van der Waals surface area contributed by atoms with Gasteiger partial charge in [-0.3, -0.25) is 0 Å². The van der Waals surface area contributed by atoms with Gasteiger partial charge in [0.1, 0.15) is 23.9 Å². The quantitative estimate of drug-likeness (QED) is 0.940. The number of ether oxygens (including phenoxy) is 2. The zero-order valence-electron chi connectivity index (χ0n) is 12.1. The zero-order chi connectivity index (χ0) is 14.8. The minimum absolute atomic E-state index is 0.0411. The number of hydrogen-bond acceptors (Lipinski definition) is 3. The van der Waals surface area contributed by atoms with Crippen molar-refractivity contribution in [1.82, 2.24) is 5.32 Å². The van der Waals surface area contributed by atoms with E-state index >= 15 is 0 Å². The molecule has 110 valence electrons. The molecule has 0 aromatic heterocycles. The van der Waals surface area contributed by atoms with Gasteiger partial charge in [-0.1, -0.05) is 18.2 Å². The van der Waals surface area contributed by atoms with Crippen molar-refractivity contribution in [2.24, 2.45) is 0 Å². The summed E-state index contributed by atoms with van der Waals surface area (Å²) in [5.74, 6) is 1.31. The second-order valence-corrected chi connectivity index (χ2v) is 5.18. The van der Waals surface area contributed by atoms with Crippen LogP contribution < -0.4 is 14.8 Å². The predicted molar refractivity (Wildman–Crippen MR) is 79.3 cm³/mol. The summed E-state index contributed by atoms with van der Waals surface area (Å²) in [4.78, 5) is 0. The van der Waals surface area contributed by atoms with Crippen LogP contribution in [0.5, 0.6) is 11.5 Å². The molecule has 0 bridgehead atoms. The van der Waals surface area contributed by atoms with Crippen LogP contribution in [-0.2, 0) is 0 Å². The first-order valence-electron chi connectivity index (χ1n) is 7.01. The van der Waals surface area contributed by atoms with E-state index in [1.807, 2.05) is 38.2 Å². The van der Waals surface area contributed by atoms with Gasteiger partial charge in [0.25, 0.3) is 0 Å². The Bertz CT molecular complexity index is 644. The van der Waals surface area contributed by atoms with Gasteiger partial charge in [0, 0.05) is 5.56 Å². The fourth-order valence-electron chi connectivity index (χ4n) is 2.69. The predicted octanol–water partition coefficient (Wildman–Crippen LogP) is 3.23. The van der Waals surface area contributed by atoms with Crippen molar-refractivity contribution >= 4 is 0 Å². The molecule has 0 radical (unpaired) electrons. The molecule has 3 rings (SSSR count). The molecule has 0 saturated carbocycles. The lowest BCUT2D eigenvalue weighted by atomic mass is 9.98. The second kappa shape index (κ2) is 5.74. The first-order chi connectivity index (χ1) is 10.2. The maximum atomic E-state index is 13.2. The fourth-order valence-corrected chi connectivity index (χ4v) is 2.69. The van der Waals surface area contributed by atoms with Gasteiger partial charge in [0.2, 0.25) is 0 Å². The molecule has 4 heteroatoms. The van der Waals surface area contributed by atoms with Crippen molar-refractivity contribution in [2.45, 2.75) is 19.1 Å². The van der Waals surface area contributed by atoms with Crippen molar-refractivity contribution < 1.29 is 13.9 Å². The highest BCUT2D eigenvalue weighted by molar-refractivity contribution is 5.39. The Hall–Kier alpha value is -2.07. The van der Waals surface area contributed by atoms with Crippen LogP contribution in [0.1, 0.15) is 17.2 Å². The molecular weight excluding hydrogens is 269 g/mol. The Kier molecular flexibility index (Phi) is 3.80. The van der Waals surface area contributed by atoms with Crippen molar-refractivity contribution in [3.05, 3.63) is 59.4 Å². The average molecular weight is 287 g/mol. The SMILES string of the molecule is CNC1c2ccccc2OCC1Oc1ccc(F)cc1C. The fraction of sp³-hybridized carbons (Fsp3) is 0.294. The zero-order valence-corrected chi connectivity index (χ0v) is 12.1. The molecule has 1 aliphatic rings. The Labute approximate surface area is 123 Å². The van der Waals surface area contributed by atoms with Crippen LogP contribution in [0.15, 0.2) is 42.5 Å². The molecule has 2 aromatic rings. The summed E-state index contributed by atoms with van der Waals surface area (Å²) in [6.45, 7) is 2.30. The summed E-state index contributed by atoms with van der Waals surface area (Å²) in [7, 11) is 1.90. The molecule has 1 N–H and O–H groups in total. The van der Waals surface area contributed by atoms with Crippen molar-refractivity contribution in [3.63, 3.8) is 0 Å². The van der Waals surface area contributed by atoms with Crippen LogP contribution in [0.4, 0.5) is 4.39 Å². The van der Waals surface area contributed by atoms with E-state index in [0.29, 0.717) is 12.4 Å². The summed E-state index contributed by atoms with van der Waals surface area (Å²) in [6, 6.07) is 12.5. The first-order valence-corrected chi connectivity index (χ1v) is 7.01. The van der Waals surface area contributed by atoms with Gasteiger partial charge in [-0.2, -0.15) is 0 Å². The Balaban J connectivity index is 1.86. The normalized spacial score (nSPS) is 20.5. The number of fused-ring (bicyclic) bond motifs is 1. The van der Waals surface area contributed by atoms with Crippen LogP contribution in [0.3, 0.4) is 0 Å². The number of halogens is 1. The lowest BCUT2D eigenvalue weighted by Gasteiger charge is -2.33. The topological polar surface area (TPSA) is 30.5 Å². The smallest absolute Gasteiger partial charge is 0.152 e. The summed E-state index contributed by atoms with van der Waals surface area (Å²) < 4.78 is 25.0. The summed E-state index contributed by atoms with van der Waals surface area (Å²) in [5.41, 5.74) is 1.86. The lowest BCUT2D eigenvalue weighted by molar-refractivity contribution is 0.0767. The third-order valence-electron chi connectivity index (χ3n) is 3.76. The van der Waals surface area contributed by atoms with E-state index in [2.05, 4.69) is 5.32 Å². The van der Waals surface area contributed by atoms with Crippen LogP contribution in [0, 0.1) is 12.7 Å². The van der Waals surface area contributed by atoms with Gasteiger partial charge in [-0.15, -0.1) is 0 Å². The highest BCUT2D eigenvalue weighted by Gasteiger charge is 2.31. The molecule has 0 aliphatic carbocycles. The number of benzene rings is 2. The molecular formula is C17H18FNO2. The number of nitrogens with one attached hydrogen (secondary N) is 1. The third kappa shape index (κ3) is 2.72. The second-order valence-electron chi connectivity index (χ2n) is 5.18. The van der Waals surface area contributed by atoms with Crippen molar-refractivity contribution in [1.29, 1.82) is 0 Å². The Morgan fingerprint density at radius 3 is 2.81 bits per heavy atom. The van der Waals surface area contributed by atoms with Gasteiger partial charge < -0.3 is 14.8 Å². The summed E-state index contributed by atoms with van der Waals surface area (Å²) in [6.07, 6.45) is -0.158. The molecule has 0 saturated heterocycles. The van der Waals surface area contributed by atoms with Crippen LogP contribution in [0.25, 0.3) is 0 Å². The Morgan fingerprint density at radius 2 is 2.05 bits per heavy atom. The molecule has 2 unspecified atom stereocenters. The third-order valence-corrected chi connectivity index (χ3v) is 3.76. The molecule has 1 aliphatic heterocycles. The summed E-state index contributed by atoms with van der Waals surface area (Å²) in [5, 5.41) is 3.28. The van der Waals surface area contributed by atoms with Crippen LogP contribution in [-0.4, -0.2) is 19.8 Å². The van der Waals surface area contributed by atoms with Gasteiger partial charge in [-0.05, 0) is 43.8 Å². The van der Waals surface area contributed by atoms with E-state index in [9.17, 15) is 4.39 Å². The van der Waals surface area contributed by atoms with E-state index in [4.69, 9.17) is 9.47 Å². The molecule has 0 fully saturated rings. The molecule has 21 heavy (non-hydrogen) atoms. The maximum Gasteiger partial charge on any atom is 0.152 e. The highest BCUT2D eigenvalue weighted by atomic mass is 19.1. The van der Waals surface area contributed by atoms with Crippen LogP contribution >= 0.6 is 0 Å². The number of para-hydroxylation sites is 1.